The number of nitrogens with one attached hydrogen (secondary N) is 1. The highest BCUT2D eigenvalue weighted by atomic mass is 32.1. The van der Waals surface area contributed by atoms with Gasteiger partial charge in [0.15, 0.2) is 0 Å². The molecule has 5 nitrogen and oxygen atoms in total. The molecule has 7 heteroatoms. The van der Waals surface area contributed by atoms with Crippen molar-refractivity contribution in [3.63, 3.8) is 0 Å². The number of ether oxygens (including phenoxy) is 1. The van der Waals surface area contributed by atoms with Crippen LogP contribution in [0.3, 0.4) is 0 Å². The largest absolute Gasteiger partial charge is 0.473 e. The second-order valence-electron chi connectivity index (χ2n) is 4.11. The van der Waals surface area contributed by atoms with Gasteiger partial charge in [-0.25, -0.2) is 4.39 Å². The number of hydrogen-bond acceptors (Lipinski definition) is 6. The summed E-state index contributed by atoms with van der Waals surface area (Å²) in [6.45, 7) is 2.18. The van der Waals surface area contributed by atoms with E-state index < -0.39 is 6.10 Å². The molecule has 0 aliphatic rings. The molecular formula is C12H14FN3O2S. The number of hydrogen-bond donors (Lipinski definition) is 2. The Morgan fingerprint density at radius 3 is 3.00 bits per heavy atom. The van der Waals surface area contributed by atoms with Crippen molar-refractivity contribution in [3.8, 4) is 5.88 Å². The Morgan fingerprint density at radius 1 is 1.47 bits per heavy atom. The molecule has 0 spiro atoms. The molecule has 0 amide bonds. The Labute approximate surface area is 114 Å². The van der Waals surface area contributed by atoms with Gasteiger partial charge in [0.2, 0.25) is 5.88 Å². The van der Waals surface area contributed by atoms with Crippen LogP contribution in [-0.4, -0.2) is 33.1 Å². The molecule has 102 valence electrons. The van der Waals surface area contributed by atoms with E-state index in [1.54, 1.807) is 6.07 Å². The van der Waals surface area contributed by atoms with Gasteiger partial charge in [0.25, 0.3) is 0 Å². The van der Waals surface area contributed by atoms with Crippen LogP contribution < -0.4 is 10.1 Å². The van der Waals surface area contributed by atoms with Gasteiger partial charge in [0.1, 0.15) is 24.7 Å². The lowest BCUT2D eigenvalue weighted by Gasteiger charge is -2.13. The third kappa shape index (κ3) is 4.46. The number of halogens is 1. The Morgan fingerprint density at radius 2 is 2.32 bits per heavy atom. The molecule has 0 aliphatic carbocycles. The lowest BCUT2D eigenvalue weighted by Crippen LogP contribution is -2.26. The fraction of sp³-hybridized carbons (Fsp3) is 0.333. The van der Waals surface area contributed by atoms with Crippen molar-refractivity contribution < 1.29 is 14.2 Å². The summed E-state index contributed by atoms with van der Waals surface area (Å²) < 4.78 is 26.0. The van der Waals surface area contributed by atoms with E-state index in [1.165, 1.54) is 18.3 Å². The summed E-state index contributed by atoms with van der Waals surface area (Å²) in [4.78, 5) is 0. The molecule has 0 bridgehead atoms. The molecule has 0 aliphatic heterocycles. The van der Waals surface area contributed by atoms with E-state index >= 15 is 0 Å². The SMILES string of the molecule is Cc1cc(F)cc(NCC(O)COc2cnsn2)c1. The van der Waals surface area contributed by atoms with Crippen LogP contribution in [0.5, 0.6) is 5.88 Å². The molecule has 1 unspecified atom stereocenters. The van der Waals surface area contributed by atoms with Crippen molar-refractivity contribution in [1.82, 2.24) is 8.75 Å². The first-order valence-electron chi connectivity index (χ1n) is 5.73. The van der Waals surface area contributed by atoms with E-state index in [0.717, 1.165) is 17.3 Å². The quantitative estimate of drug-likeness (QED) is 0.846. The van der Waals surface area contributed by atoms with E-state index in [-0.39, 0.29) is 19.0 Å². The molecular weight excluding hydrogens is 269 g/mol. The lowest BCUT2D eigenvalue weighted by atomic mass is 10.2. The van der Waals surface area contributed by atoms with Gasteiger partial charge >= 0.3 is 0 Å². The van der Waals surface area contributed by atoms with Crippen molar-refractivity contribution in [2.24, 2.45) is 0 Å². The van der Waals surface area contributed by atoms with Crippen LogP contribution in [0.15, 0.2) is 24.4 Å². The standard InChI is InChI=1S/C12H14FN3O2S/c1-8-2-9(13)4-10(3-8)14-5-11(17)7-18-12-6-15-19-16-12/h2-4,6,11,14,17H,5,7H2,1H3. The van der Waals surface area contributed by atoms with Crippen LogP contribution in [0.2, 0.25) is 0 Å². The highest BCUT2D eigenvalue weighted by molar-refractivity contribution is 6.99. The first kappa shape index (κ1) is 13.7. The van der Waals surface area contributed by atoms with Crippen molar-refractivity contribution in [2.45, 2.75) is 13.0 Å². The summed E-state index contributed by atoms with van der Waals surface area (Å²) in [7, 11) is 0. The molecule has 2 aromatic rings. The second kappa shape index (κ2) is 6.44. The summed E-state index contributed by atoms with van der Waals surface area (Å²) in [5, 5.41) is 12.7. The van der Waals surface area contributed by atoms with Crippen LogP contribution in [0, 0.1) is 12.7 Å². The number of aliphatic hydroxyl groups excluding tert-OH is 1. The van der Waals surface area contributed by atoms with E-state index in [1.807, 2.05) is 6.92 Å². The van der Waals surface area contributed by atoms with Crippen molar-refractivity contribution in [3.05, 3.63) is 35.8 Å². The van der Waals surface area contributed by atoms with E-state index in [9.17, 15) is 9.50 Å². The number of benzene rings is 1. The molecule has 0 fully saturated rings. The maximum absolute atomic E-state index is 13.1. The van der Waals surface area contributed by atoms with Gasteiger partial charge in [-0.15, -0.1) is 4.37 Å². The number of anilines is 1. The van der Waals surface area contributed by atoms with Gasteiger partial charge in [-0.2, -0.15) is 4.37 Å². The predicted molar refractivity (Wildman–Crippen MR) is 71.0 cm³/mol. The van der Waals surface area contributed by atoms with Crippen LogP contribution >= 0.6 is 11.7 Å². The number of aryl methyl sites for hydroxylation is 1. The smallest absolute Gasteiger partial charge is 0.245 e. The van der Waals surface area contributed by atoms with Gasteiger partial charge < -0.3 is 15.2 Å². The van der Waals surface area contributed by atoms with E-state index in [0.29, 0.717) is 11.6 Å². The average Bonchev–Trinajstić information content (AvgIpc) is 2.86. The van der Waals surface area contributed by atoms with Crippen molar-refractivity contribution in [2.75, 3.05) is 18.5 Å². The van der Waals surface area contributed by atoms with Gasteiger partial charge in [-0.1, -0.05) is 0 Å². The van der Waals surface area contributed by atoms with Gasteiger partial charge in [-0.3, -0.25) is 0 Å². The van der Waals surface area contributed by atoms with Crippen LogP contribution in [0.25, 0.3) is 0 Å². The Bertz CT molecular complexity index is 501. The minimum Gasteiger partial charge on any atom is -0.473 e. The molecule has 0 radical (unpaired) electrons. The molecule has 1 atom stereocenters. The zero-order chi connectivity index (χ0) is 13.7. The maximum atomic E-state index is 13.1. The number of rotatable bonds is 6. The molecule has 1 heterocycles. The molecule has 2 rings (SSSR count). The molecule has 19 heavy (non-hydrogen) atoms. The Kier molecular flexibility index (Phi) is 4.64. The van der Waals surface area contributed by atoms with Gasteiger partial charge in [0, 0.05) is 12.2 Å². The first-order chi connectivity index (χ1) is 9.13. The number of aliphatic hydroxyl groups is 1. The summed E-state index contributed by atoms with van der Waals surface area (Å²) >= 11 is 1.04. The van der Waals surface area contributed by atoms with Crippen LogP contribution in [0.1, 0.15) is 5.56 Å². The van der Waals surface area contributed by atoms with Crippen molar-refractivity contribution in [1.29, 1.82) is 0 Å². The summed E-state index contributed by atoms with van der Waals surface area (Å²) in [6, 6.07) is 4.63. The van der Waals surface area contributed by atoms with Gasteiger partial charge in [-0.05, 0) is 30.7 Å². The number of nitrogens with zero attached hydrogens (tertiary/aromatic N) is 2. The zero-order valence-electron chi connectivity index (χ0n) is 10.3. The molecule has 1 aromatic carbocycles. The van der Waals surface area contributed by atoms with E-state index in [2.05, 4.69) is 14.1 Å². The molecule has 2 N–H and O–H groups in total. The average molecular weight is 283 g/mol. The van der Waals surface area contributed by atoms with Crippen LogP contribution in [-0.2, 0) is 0 Å². The fourth-order valence-electron chi connectivity index (χ4n) is 1.53. The van der Waals surface area contributed by atoms with Gasteiger partial charge in [0.05, 0.1) is 11.7 Å². The normalized spacial score (nSPS) is 12.2. The van der Waals surface area contributed by atoms with Crippen molar-refractivity contribution >= 4 is 17.4 Å². The minimum absolute atomic E-state index is 0.104. The third-order valence-corrected chi connectivity index (χ3v) is 2.81. The summed E-state index contributed by atoms with van der Waals surface area (Å²) in [5.74, 6) is 0.0902. The predicted octanol–water partition coefficient (Wildman–Crippen LogP) is 1.84. The van der Waals surface area contributed by atoms with Crippen LogP contribution in [0.4, 0.5) is 10.1 Å². The molecule has 0 saturated carbocycles. The third-order valence-electron chi connectivity index (χ3n) is 2.35. The fourth-order valence-corrected chi connectivity index (χ4v) is 1.90. The molecule has 0 saturated heterocycles. The summed E-state index contributed by atoms with van der Waals surface area (Å²) in [6.07, 6.45) is 0.770. The highest BCUT2D eigenvalue weighted by Crippen LogP contribution is 2.13. The topological polar surface area (TPSA) is 67.3 Å². The Balaban J connectivity index is 1.78. The minimum atomic E-state index is -0.717. The summed E-state index contributed by atoms with van der Waals surface area (Å²) in [5.41, 5.74) is 1.45. The monoisotopic (exact) mass is 283 g/mol. The lowest BCUT2D eigenvalue weighted by molar-refractivity contribution is 0.115. The zero-order valence-corrected chi connectivity index (χ0v) is 11.2. The molecule has 1 aromatic heterocycles. The second-order valence-corrected chi connectivity index (χ2v) is 4.67. The Hall–Kier alpha value is -1.73. The highest BCUT2D eigenvalue weighted by Gasteiger charge is 2.07. The van der Waals surface area contributed by atoms with E-state index in [4.69, 9.17) is 4.74 Å². The number of aromatic nitrogens is 2. The maximum Gasteiger partial charge on any atom is 0.245 e. The first-order valence-corrected chi connectivity index (χ1v) is 6.46.